The number of carbonyl (C=O) groups excluding carboxylic acids is 1. The summed E-state index contributed by atoms with van der Waals surface area (Å²) in [5, 5.41) is 5.01. The van der Waals surface area contributed by atoms with Crippen molar-refractivity contribution < 1.29 is 4.79 Å². The quantitative estimate of drug-likeness (QED) is 0.568. The lowest BCUT2D eigenvalue weighted by atomic mass is 10.4. The van der Waals surface area contributed by atoms with Crippen molar-refractivity contribution in [2.75, 3.05) is 0 Å². The lowest BCUT2D eigenvalue weighted by molar-refractivity contribution is 0.242. The summed E-state index contributed by atoms with van der Waals surface area (Å²) in [7, 11) is 0. The van der Waals surface area contributed by atoms with Gasteiger partial charge in [0.15, 0.2) is 0 Å². The highest BCUT2D eigenvalue weighted by Crippen LogP contribution is 1.74. The molecule has 0 atom stereocenters. The second-order valence-corrected chi connectivity index (χ2v) is 1.98. The average molecular weight is 128 g/mol. The van der Waals surface area contributed by atoms with E-state index >= 15 is 0 Å². The van der Waals surface area contributed by atoms with Crippen molar-refractivity contribution in [3.8, 4) is 0 Å². The van der Waals surface area contributed by atoms with Crippen LogP contribution in [0.4, 0.5) is 4.79 Å². The van der Waals surface area contributed by atoms with Gasteiger partial charge < -0.3 is 10.6 Å². The van der Waals surface area contributed by atoms with E-state index in [0.29, 0.717) is 0 Å². The van der Waals surface area contributed by atoms with E-state index in [2.05, 4.69) is 17.2 Å². The van der Waals surface area contributed by atoms with Crippen molar-refractivity contribution in [3.63, 3.8) is 0 Å². The van der Waals surface area contributed by atoms with E-state index in [0.717, 1.165) is 0 Å². The maximum Gasteiger partial charge on any atom is 0.318 e. The van der Waals surface area contributed by atoms with E-state index in [9.17, 15) is 4.79 Å². The Bertz CT molecular complexity index is 110. The topological polar surface area (TPSA) is 41.1 Å². The number of urea groups is 1. The normalized spacial score (nSPS) is 8.78. The standard InChI is InChI=1S/C6H12N2O/c1-4-7-6(9)8-5(2)3/h4-5H,1H2,2-3H3,(H2,7,8,9). The maximum atomic E-state index is 10.6. The van der Waals surface area contributed by atoms with Gasteiger partial charge in [-0.05, 0) is 20.0 Å². The molecule has 52 valence electrons. The first-order valence-electron chi connectivity index (χ1n) is 2.84. The van der Waals surface area contributed by atoms with E-state index in [1.807, 2.05) is 13.8 Å². The van der Waals surface area contributed by atoms with Gasteiger partial charge in [-0.3, -0.25) is 0 Å². The summed E-state index contributed by atoms with van der Waals surface area (Å²) in [4.78, 5) is 10.6. The molecule has 0 bridgehead atoms. The lowest BCUT2D eigenvalue weighted by Crippen LogP contribution is -2.36. The summed E-state index contributed by atoms with van der Waals surface area (Å²) in [6.45, 7) is 7.12. The molecule has 3 nitrogen and oxygen atoms in total. The Kier molecular flexibility index (Phi) is 3.51. The Labute approximate surface area is 55.1 Å². The molecule has 0 fully saturated rings. The molecule has 3 heteroatoms. The van der Waals surface area contributed by atoms with Gasteiger partial charge in [0.05, 0.1) is 0 Å². The molecule has 0 aliphatic rings. The van der Waals surface area contributed by atoms with Crippen LogP contribution in [0.5, 0.6) is 0 Å². The van der Waals surface area contributed by atoms with Crippen molar-refractivity contribution >= 4 is 6.03 Å². The number of carbonyl (C=O) groups is 1. The van der Waals surface area contributed by atoms with Gasteiger partial charge in [0, 0.05) is 6.04 Å². The minimum atomic E-state index is -0.208. The molecule has 0 aromatic rings. The Morgan fingerprint density at radius 3 is 2.56 bits per heavy atom. The summed E-state index contributed by atoms with van der Waals surface area (Å²) in [5.41, 5.74) is 0. The van der Waals surface area contributed by atoms with E-state index < -0.39 is 0 Å². The van der Waals surface area contributed by atoms with Gasteiger partial charge in [0.25, 0.3) is 0 Å². The summed E-state index contributed by atoms with van der Waals surface area (Å²) < 4.78 is 0. The molecule has 0 aromatic heterocycles. The van der Waals surface area contributed by atoms with Crippen LogP contribution in [0.3, 0.4) is 0 Å². The monoisotopic (exact) mass is 128 g/mol. The maximum absolute atomic E-state index is 10.6. The van der Waals surface area contributed by atoms with Crippen LogP contribution < -0.4 is 10.6 Å². The first kappa shape index (κ1) is 8.01. The molecule has 9 heavy (non-hydrogen) atoms. The molecule has 0 unspecified atom stereocenters. The molecular weight excluding hydrogens is 116 g/mol. The van der Waals surface area contributed by atoms with Gasteiger partial charge in [-0.15, -0.1) is 0 Å². The molecule has 0 heterocycles. The zero-order valence-corrected chi connectivity index (χ0v) is 5.77. The van der Waals surface area contributed by atoms with E-state index in [4.69, 9.17) is 0 Å². The van der Waals surface area contributed by atoms with Gasteiger partial charge in [-0.1, -0.05) is 6.58 Å². The van der Waals surface area contributed by atoms with Crippen LogP contribution in [0, 0.1) is 0 Å². The van der Waals surface area contributed by atoms with Crippen LogP contribution in [0.2, 0.25) is 0 Å². The third kappa shape index (κ3) is 4.87. The van der Waals surface area contributed by atoms with Crippen molar-refractivity contribution in [2.24, 2.45) is 0 Å². The Morgan fingerprint density at radius 1 is 1.67 bits per heavy atom. The molecule has 0 saturated heterocycles. The number of rotatable bonds is 2. The van der Waals surface area contributed by atoms with Gasteiger partial charge in [-0.2, -0.15) is 0 Å². The molecule has 0 spiro atoms. The fourth-order valence-corrected chi connectivity index (χ4v) is 0.397. The predicted octanol–water partition coefficient (Wildman–Crippen LogP) is 0.838. The first-order valence-corrected chi connectivity index (χ1v) is 2.84. The molecule has 0 aliphatic carbocycles. The highest BCUT2D eigenvalue weighted by Gasteiger charge is 1.96. The molecule has 0 aromatic carbocycles. The highest BCUT2D eigenvalue weighted by atomic mass is 16.2. The molecule has 0 aliphatic heterocycles. The molecule has 2 N–H and O–H groups in total. The first-order chi connectivity index (χ1) is 4.16. The van der Waals surface area contributed by atoms with Crippen LogP contribution in [-0.2, 0) is 0 Å². The van der Waals surface area contributed by atoms with E-state index in [1.165, 1.54) is 6.20 Å². The summed E-state index contributed by atoms with van der Waals surface area (Å²) >= 11 is 0. The summed E-state index contributed by atoms with van der Waals surface area (Å²) in [6, 6.07) is -0.0371. The van der Waals surface area contributed by atoms with Gasteiger partial charge in [0.1, 0.15) is 0 Å². The Balaban J connectivity index is 3.38. The molecule has 0 saturated carbocycles. The van der Waals surface area contributed by atoms with Gasteiger partial charge >= 0.3 is 6.03 Å². The van der Waals surface area contributed by atoms with Crippen molar-refractivity contribution in [1.82, 2.24) is 10.6 Å². The van der Waals surface area contributed by atoms with E-state index in [-0.39, 0.29) is 12.1 Å². The second-order valence-electron chi connectivity index (χ2n) is 1.98. The van der Waals surface area contributed by atoms with Crippen LogP contribution in [0.15, 0.2) is 12.8 Å². The molecule has 2 amide bonds. The summed E-state index contributed by atoms with van der Waals surface area (Å²) in [5.74, 6) is 0. The van der Waals surface area contributed by atoms with Crippen molar-refractivity contribution in [2.45, 2.75) is 19.9 Å². The largest absolute Gasteiger partial charge is 0.336 e. The third-order valence-electron chi connectivity index (χ3n) is 0.653. The number of amides is 2. The number of hydrogen-bond acceptors (Lipinski definition) is 1. The van der Waals surface area contributed by atoms with Gasteiger partial charge in [-0.25, -0.2) is 4.79 Å². The van der Waals surface area contributed by atoms with Crippen LogP contribution in [-0.4, -0.2) is 12.1 Å². The molecule has 0 radical (unpaired) electrons. The average Bonchev–Trinajstić information content (AvgIpc) is 1.63. The fourth-order valence-electron chi connectivity index (χ4n) is 0.397. The number of hydrogen-bond donors (Lipinski definition) is 2. The van der Waals surface area contributed by atoms with Crippen molar-refractivity contribution in [1.29, 1.82) is 0 Å². The van der Waals surface area contributed by atoms with Crippen LogP contribution in [0.1, 0.15) is 13.8 Å². The minimum absolute atomic E-state index is 0.171. The third-order valence-corrected chi connectivity index (χ3v) is 0.653. The highest BCUT2D eigenvalue weighted by molar-refractivity contribution is 5.74. The summed E-state index contributed by atoms with van der Waals surface area (Å²) in [6.07, 6.45) is 1.34. The second kappa shape index (κ2) is 3.95. The predicted molar refractivity (Wildman–Crippen MR) is 37.0 cm³/mol. The smallest absolute Gasteiger partial charge is 0.318 e. The minimum Gasteiger partial charge on any atom is -0.336 e. The van der Waals surface area contributed by atoms with Crippen molar-refractivity contribution in [3.05, 3.63) is 12.8 Å². The molecular formula is C6H12N2O. The Morgan fingerprint density at radius 2 is 2.22 bits per heavy atom. The fraction of sp³-hybridized carbons (Fsp3) is 0.500. The zero-order valence-electron chi connectivity index (χ0n) is 5.77. The van der Waals surface area contributed by atoms with E-state index in [1.54, 1.807) is 0 Å². The SMILES string of the molecule is C=CNC(=O)NC(C)C. The number of nitrogens with one attached hydrogen (secondary N) is 2. The van der Waals surface area contributed by atoms with Crippen LogP contribution in [0.25, 0.3) is 0 Å². The molecule has 0 rings (SSSR count). The van der Waals surface area contributed by atoms with Gasteiger partial charge in [0.2, 0.25) is 0 Å². The lowest BCUT2D eigenvalue weighted by Gasteiger charge is -2.05. The zero-order chi connectivity index (χ0) is 7.28. The Hall–Kier alpha value is -0.990. The van der Waals surface area contributed by atoms with Crippen LogP contribution >= 0.6 is 0 Å².